The van der Waals surface area contributed by atoms with E-state index in [0.29, 0.717) is 0 Å². The normalized spacial score (nSPS) is 10.6. The van der Waals surface area contributed by atoms with Crippen molar-refractivity contribution >= 4 is 17.9 Å². The summed E-state index contributed by atoms with van der Waals surface area (Å²) in [6.07, 6.45) is 1.56. The molecule has 0 aliphatic carbocycles. The van der Waals surface area contributed by atoms with Crippen LogP contribution in [0.4, 0.5) is 10.5 Å². The second-order valence-corrected chi connectivity index (χ2v) is 4.83. The smallest absolute Gasteiger partial charge is 0.332 e. The molecule has 0 atom stereocenters. The Morgan fingerprint density at radius 1 is 1.18 bits per heavy atom. The molecule has 0 aromatic heterocycles. The van der Waals surface area contributed by atoms with Crippen LogP contribution in [0, 0.1) is 0 Å². The Morgan fingerprint density at radius 2 is 1.86 bits per heavy atom. The van der Waals surface area contributed by atoms with Gasteiger partial charge in [-0.1, -0.05) is 42.5 Å². The SMILES string of the molecule is CCN(Cc1ccccc1)c1ccc(C=NNC(N)=O)cc1. The van der Waals surface area contributed by atoms with Crippen molar-refractivity contribution < 1.29 is 4.79 Å². The molecule has 5 nitrogen and oxygen atoms in total. The monoisotopic (exact) mass is 296 g/mol. The van der Waals surface area contributed by atoms with Crippen LogP contribution >= 0.6 is 0 Å². The van der Waals surface area contributed by atoms with Crippen LogP contribution in [-0.2, 0) is 6.54 Å². The highest BCUT2D eigenvalue weighted by atomic mass is 16.2. The number of anilines is 1. The zero-order valence-corrected chi connectivity index (χ0v) is 12.6. The third-order valence-electron chi connectivity index (χ3n) is 3.24. The zero-order chi connectivity index (χ0) is 15.8. The number of nitrogens with two attached hydrogens (primary N) is 1. The molecule has 0 bridgehead atoms. The molecular weight excluding hydrogens is 276 g/mol. The van der Waals surface area contributed by atoms with Crippen LogP contribution in [0.3, 0.4) is 0 Å². The molecule has 0 unspecified atom stereocenters. The van der Waals surface area contributed by atoms with E-state index < -0.39 is 6.03 Å². The van der Waals surface area contributed by atoms with E-state index in [1.54, 1.807) is 6.21 Å². The van der Waals surface area contributed by atoms with Gasteiger partial charge in [0.05, 0.1) is 6.21 Å². The molecule has 22 heavy (non-hydrogen) atoms. The fraction of sp³-hybridized carbons (Fsp3) is 0.176. The Bertz CT molecular complexity index is 623. The summed E-state index contributed by atoms with van der Waals surface area (Å²) in [7, 11) is 0. The Morgan fingerprint density at radius 3 is 2.45 bits per heavy atom. The zero-order valence-electron chi connectivity index (χ0n) is 12.6. The summed E-state index contributed by atoms with van der Waals surface area (Å²) in [5, 5.41) is 3.74. The molecule has 3 N–H and O–H groups in total. The van der Waals surface area contributed by atoms with Crippen LogP contribution in [0.5, 0.6) is 0 Å². The van der Waals surface area contributed by atoms with Gasteiger partial charge in [-0.25, -0.2) is 10.2 Å². The average Bonchev–Trinajstić information content (AvgIpc) is 2.54. The topological polar surface area (TPSA) is 70.7 Å². The molecule has 0 saturated heterocycles. The Labute approximate surface area is 130 Å². The van der Waals surface area contributed by atoms with Crippen LogP contribution in [0.25, 0.3) is 0 Å². The molecular formula is C17H20N4O. The van der Waals surface area contributed by atoms with Crippen molar-refractivity contribution in [3.63, 3.8) is 0 Å². The predicted octanol–water partition coefficient (Wildman–Crippen LogP) is 2.72. The lowest BCUT2D eigenvalue weighted by Crippen LogP contribution is -2.24. The van der Waals surface area contributed by atoms with Gasteiger partial charge in [0.1, 0.15) is 0 Å². The second-order valence-electron chi connectivity index (χ2n) is 4.83. The molecule has 0 heterocycles. The van der Waals surface area contributed by atoms with E-state index in [-0.39, 0.29) is 0 Å². The van der Waals surface area contributed by atoms with Crippen molar-refractivity contribution in [3.8, 4) is 0 Å². The number of rotatable bonds is 6. The van der Waals surface area contributed by atoms with Gasteiger partial charge in [-0.2, -0.15) is 5.10 Å². The number of nitrogens with zero attached hydrogens (tertiary/aromatic N) is 2. The highest BCUT2D eigenvalue weighted by Gasteiger charge is 2.04. The molecule has 0 radical (unpaired) electrons. The summed E-state index contributed by atoms with van der Waals surface area (Å²) in [5.41, 5.74) is 10.4. The number of nitrogens with one attached hydrogen (secondary N) is 1. The maximum absolute atomic E-state index is 10.5. The summed E-state index contributed by atoms with van der Waals surface area (Å²) >= 11 is 0. The summed E-state index contributed by atoms with van der Waals surface area (Å²) in [5.74, 6) is 0. The van der Waals surface area contributed by atoms with E-state index in [0.717, 1.165) is 24.3 Å². The molecule has 114 valence electrons. The Balaban J connectivity index is 2.04. The standard InChI is InChI=1S/C17H20N4O/c1-2-21(13-15-6-4-3-5-7-15)16-10-8-14(9-11-16)12-19-20-17(18)22/h3-12H,2,13H2,1H3,(H3,18,20,22). The molecule has 2 aromatic carbocycles. The first-order valence-electron chi connectivity index (χ1n) is 7.16. The molecule has 0 aliphatic rings. The first-order valence-corrected chi connectivity index (χ1v) is 7.16. The van der Waals surface area contributed by atoms with Crippen LogP contribution < -0.4 is 16.1 Å². The van der Waals surface area contributed by atoms with Crippen LogP contribution in [0.1, 0.15) is 18.1 Å². The number of amides is 2. The van der Waals surface area contributed by atoms with E-state index >= 15 is 0 Å². The van der Waals surface area contributed by atoms with Gasteiger partial charge in [0.25, 0.3) is 0 Å². The number of primary amides is 1. The minimum Gasteiger partial charge on any atom is -0.367 e. The summed E-state index contributed by atoms with van der Waals surface area (Å²) < 4.78 is 0. The van der Waals surface area contributed by atoms with E-state index in [9.17, 15) is 4.79 Å². The predicted molar refractivity (Wildman–Crippen MR) is 89.9 cm³/mol. The summed E-state index contributed by atoms with van der Waals surface area (Å²) in [6, 6.07) is 17.7. The third kappa shape index (κ3) is 4.63. The van der Waals surface area contributed by atoms with Crippen LogP contribution in [0.2, 0.25) is 0 Å². The van der Waals surface area contributed by atoms with Gasteiger partial charge in [-0.05, 0) is 30.2 Å². The number of carbonyl (C=O) groups is 1. The molecule has 2 amide bonds. The van der Waals surface area contributed by atoms with Crippen molar-refractivity contribution in [3.05, 3.63) is 65.7 Å². The fourth-order valence-corrected chi connectivity index (χ4v) is 2.13. The van der Waals surface area contributed by atoms with Crippen molar-refractivity contribution in [1.82, 2.24) is 5.43 Å². The summed E-state index contributed by atoms with van der Waals surface area (Å²) in [6.45, 7) is 3.93. The molecule has 0 spiro atoms. The van der Waals surface area contributed by atoms with Crippen molar-refractivity contribution in [2.24, 2.45) is 10.8 Å². The van der Waals surface area contributed by atoms with Gasteiger partial charge < -0.3 is 10.6 Å². The van der Waals surface area contributed by atoms with Gasteiger partial charge in [-0.15, -0.1) is 0 Å². The number of hydrogen-bond acceptors (Lipinski definition) is 3. The highest BCUT2D eigenvalue weighted by molar-refractivity contribution is 5.82. The largest absolute Gasteiger partial charge is 0.367 e. The lowest BCUT2D eigenvalue weighted by Gasteiger charge is -2.23. The van der Waals surface area contributed by atoms with Gasteiger partial charge in [0, 0.05) is 18.8 Å². The Kier molecular flexibility index (Phi) is 5.54. The van der Waals surface area contributed by atoms with Gasteiger partial charge in [-0.3, -0.25) is 0 Å². The fourth-order valence-electron chi connectivity index (χ4n) is 2.13. The Hall–Kier alpha value is -2.82. The quantitative estimate of drug-likeness (QED) is 0.635. The number of hydrazone groups is 1. The van der Waals surface area contributed by atoms with E-state index in [2.05, 4.69) is 46.6 Å². The first-order chi connectivity index (χ1) is 10.7. The van der Waals surface area contributed by atoms with Gasteiger partial charge in [0.2, 0.25) is 0 Å². The highest BCUT2D eigenvalue weighted by Crippen LogP contribution is 2.17. The molecule has 5 heteroatoms. The van der Waals surface area contributed by atoms with E-state index in [1.807, 2.05) is 30.3 Å². The number of carbonyl (C=O) groups excluding carboxylic acids is 1. The van der Waals surface area contributed by atoms with Crippen molar-refractivity contribution in [2.45, 2.75) is 13.5 Å². The number of hydrogen-bond donors (Lipinski definition) is 2. The minimum atomic E-state index is -0.673. The number of urea groups is 1. The van der Waals surface area contributed by atoms with Crippen molar-refractivity contribution in [1.29, 1.82) is 0 Å². The average molecular weight is 296 g/mol. The number of benzene rings is 2. The maximum atomic E-state index is 10.5. The molecule has 2 rings (SSSR count). The molecule has 0 saturated carbocycles. The molecule has 2 aromatic rings. The molecule has 0 fully saturated rings. The van der Waals surface area contributed by atoms with E-state index in [1.165, 1.54) is 5.56 Å². The van der Waals surface area contributed by atoms with Crippen LogP contribution in [0.15, 0.2) is 59.7 Å². The minimum absolute atomic E-state index is 0.673. The lowest BCUT2D eigenvalue weighted by atomic mass is 10.1. The lowest BCUT2D eigenvalue weighted by molar-refractivity contribution is 0.249. The van der Waals surface area contributed by atoms with Gasteiger partial charge in [0.15, 0.2) is 0 Å². The summed E-state index contributed by atoms with van der Waals surface area (Å²) in [4.78, 5) is 12.8. The first kappa shape index (κ1) is 15.6. The molecule has 0 aliphatic heterocycles. The van der Waals surface area contributed by atoms with Crippen molar-refractivity contribution in [2.75, 3.05) is 11.4 Å². The second kappa shape index (κ2) is 7.83. The third-order valence-corrected chi connectivity index (χ3v) is 3.24. The maximum Gasteiger partial charge on any atom is 0.332 e. The van der Waals surface area contributed by atoms with Crippen LogP contribution in [-0.4, -0.2) is 18.8 Å². The van der Waals surface area contributed by atoms with E-state index in [4.69, 9.17) is 5.73 Å². The van der Waals surface area contributed by atoms with Gasteiger partial charge >= 0.3 is 6.03 Å².